The number of fused-ring (bicyclic) bond motifs is 1. The van der Waals surface area contributed by atoms with Gasteiger partial charge in [0, 0.05) is 30.4 Å². The minimum Gasteiger partial charge on any atom is -0.379 e. The first kappa shape index (κ1) is 13.6. The summed E-state index contributed by atoms with van der Waals surface area (Å²) < 4.78 is 5.42. The molecule has 1 aromatic heterocycles. The number of benzene rings is 1. The molecule has 2 rings (SSSR count). The van der Waals surface area contributed by atoms with Crippen LogP contribution in [0.5, 0.6) is 0 Å². The molecule has 0 atom stereocenters. The van der Waals surface area contributed by atoms with Gasteiger partial charge >= 0.3 is 0 Å². The van der Waals surface area contributed by atoms with Crippen molar-refractivity contribution in [3.63, 3.8) is 0 Å². The largest absolute Gasteiger partial charge is 0.379 e. The van der Waals surface area contributed by atoms with Crippen LogP contribution in [-0.4, -0.2) is 30.6 Å². The van der Waals surface area contributed by atoms with E-state index < -0.39 is 0 Å². The first-order valence-electron chi connectivity index (χ1n) is 6.60. The number of nitrogens with one attached hydrogen (secondary N) is 2. The monoisotopic (exact) mass is 260 g/mol. The van der Waals surface area contributed by atoms with E-state index in [9.17, 15) is 4.79 Å². The third-order valence-electron chi connectivity index (χ3n) is 2.80. The van der Waals surface area contributed by atoms with E-state index in [0.717, 1.165) is 17.5 Å². The van der Waals surface area contributed by atoms with Gasteiger partial charge in [-0.1, -0.05) is 19.9 Å². The highest BCUT2D eigenvalue weighted by Crippen LogP contribution is 2.13. The Balaban J connectivity index is 1.82. The lowest BCUT2D eigenvalue weighted by atomic mass is 10.1. The van der Waals surface area contributed by atoms with Gasteiger partial charge in [0.15, 0.2) is 0 Å². The quantitative estimate of drug-likeness (QED) is 0.784. The van der Waals surface area contributed by atoms with E-state index in [1.165, 1.54) is 0 Å². The zero-order valence-corrected chi connectivity index (χ0v) is 11.4. The molecular weight excluding hydrogens is 240 g/mol. The van der Waals surface area contributed by atoms with Gasteiger partial charge in [-0.2, -0.15) is 0 Å². The van der Waals surface area contributed by atoms with E-state index in [1.54, 1.807) is 0 Å². The third-order valence-corrected chi connectivity index (χ3v) is 2.80. The van der Waals surface area contributed by atoms with Gasteiger partial charge in [-0.15, -0.1) is 0 Å². The fourth-order valence-electron chi connectivity index (χ4n) is 1.85. The standard InChI is InChI=1S/C15H20N2O2/c1-11(2)10-19-8-7-17-15(18)13-4-3-12-5-6-16-14(12)9-13/h3-6,9,11,16H,7-8,10H2,1-2H3,(H,17,18). The molecule has 1 amide bonds. The average Bonchev–Trinajstić information content (AvgIpc) is 2.84. The second kappa shape index (κ2) is 6.38. The molecule has 19 heavy (non-hydrogen) atoms. The van der Waals surface area contributed by atoms with Crippen LogP contribution in [0.3, 0.4) is 0 Å². The van der Waals surface area contributed by atoms with E-state index in [1.807, 2.05) is 30.5 Å². The molecule has 0 unspecified atom stereocenters. The Morgan fingerprint density at radius 2 is 2.21 bits per heavy atom. The molecular formula is C15H20N2O2. The molecule has 0 fully saturated rings. The Morgan fingerprint density at radius 3 is 3.00 bits per heavy atom. The number of amides is 1. The van der Waals surface area contributed by atoms with Gasteiger partial charge in [0.2, 0.25) is 0 Å². The highest BCUT2D eigenvalue weighted by molar-refractivity contribution is 5.97. The Morgan fingerprint density at radius 1 is 1.37 bits per heavy atom. The number of aromatic nitrogens is 1. The maximum absolute atomic E-state index is 11.9. The topological polar surface area (TPSA) is 54.1 Å². The van der Waals surface area contributed by atoms with Gasteiger partial charge in [0.1, 0.15) is 0 Å². The van der Waals surface area contributed by atoms with Crippen molar-refractivity contribution in [1.29, 1.82) is 0 Å². The van der Waals surface area contributed by atoms with E-state index in [0.29, 0.717) is 24.6 Å². The summed E-state index contributed by atoms with van der Waals surface area (Å²) >= 11 is 0. The molecule has 0 spiro atoms. The van der Waals surface area contributed by atoms with Crippen LogP contribution >= 0.6 is 0 Å². The number of carbonyl (C=O) groups is 1. The second-order valence-electron chi connectivity index (χ2n) is 5.00. The lowest BCUT2D eigenvalue weighted by Crippen LogP contribution is -2.27. The van der Waals surface area contributed by atoms with Gasteiger partial charge in [-0.3, -0.25) is 4.79 Å². The summed E-state index contributed by atoms with van der Waals surface area (Å²) in [6.07, 6.45) is 1.87. The van der Waals surface area contributed by atoms with Crippen LogP contribution in [0.1, 0.15) is 24.2 Å². The van der Waals surface area contributed by atoms with E-state index in [2.05, 4.69) is 24.1 Å². The number of ether oxygens (including phenoxy) is 1. The Hall–Kier alpha value is -1.81. The summed E-state index contributed by atoms with van der Waals surface area (Å²) in [4.78, 5) is 15.0. The first-order valence-corrected chi connectivity index (χ1v) is 6.60. The number of hydrogen-bond acceptors (Lipinski definition) is 2. The van der Waals surface area contributed by atoms with Crippen LogP contribution in [-0.2, 0) is 4.74 Å². The van der Waals surface area contributed by atoms with E-state index >= 15 is 0 Å². The lowest BCUT2D eigenvalue weighted by molar-refractivity contribution is 0.0886. The summed E-state index contributed by atoms with van der Waals surface area (Å²) in [5.41, 5.74) is 1.64. The molecule has 2 N–H and O–H groups in total. The molecule has 0 radical (unpaired) electrons. The molecule has 0 saturated carbocycles. The molecule has 0 aliphatic heterocycles. The van der Waals surface area contributed by atoms with Crippen molar-refractivity contribution < 1.29 is 9.53 Å². The van der Waals surface area contributed by atoms with Crippen LogP contribution in [0, 0.1) is 5.92 Å². The predicted octanol–water partition coefficient (Wildman–Crippen LogP) is 2.57. The molecule has 0 bridgehead atoms. The minimum atomic E-state index is -0.0651. The molecule has 0 aliphatic rings. The number of hydrogen-bond donors (Lipinski definition) is 2. The molecule has 0 aliphatic carbocycles. The SMILES string of the molecule is CC(C)COCCNC(=O)c1ccc2cc[nH]c2c1. The maximum atomic E-state index is 11.9. The fourth-order valence-corrected chi connectivity index (χ4v) is 1.85. The molecule has 4 nitrogen and oxygen atoms in total. The second-order valence-corrected chi connectivity index (χ2v) is 5.00. The van der Waals surface area contributed by atoms with Crippen molar-refractivity contribution in [3.8, 4) is 0 Å². The summed E-state index contributed by atoms with van der Waals surface area (Å²) in [5, 5.41) is 3.96. The highest BCUT2D eigenvalue weighted by Gasteiger charge is 2.06. The van der Waals surface area contributed by atoms with Crippen molar-refractivity contribution in [1.82, 2.24) is 10.3 Å². The highest BCUT2D eigenvalue weighted by atomic mass is 16.5. The summed E-state index contributed by atoms with van der Waals surface area (Å²) in [5.74, 6) is 0.454. The van der Waals surface area contributed by atoms with Gasteiger partial charge in [-0.25, -0.2) is 0 Å². The number of aromatic amines is 1. The molecule has 4 heteroatoms. The molecule has 1 heterocycles. The molecule has 0 saturated heterocycles. The number of H-pyrrole nitrogens is 1. The van der Waals surface area contributed by atoms with E-state index in [4.69, 9.17) is 4.74 Å². The number of rotatable bonds is 6. The van der Waals surface area contributed by atoms with Crippen molar-refractivity contribution in [2.45, 2.75) is 13.8 Å². The van der Waals surface area contributed by atoms with Crippen LogP contribution < -0.4 is 5.32 Å². The van der Waals surface area contributed by atoms with Crippen LogP contribution in [0.25, 0.3) is 10.9 Å². The van der Waals surface area contributed by atoms with Crippen molar-refractivity contribution in [2.24, 2.45) is 5.92 Å². The summed E-state index contributed by atoms with van der Waals surface area (Å²) in [6, 6.07) is 7.62. The predicted molar refractivity (Wildman–Crippen MR) is 76.3 cm³/mol. The van der Waals surface area contributed by atoms with Crippen LogP contribution in [0.15, 0.2) is 30.5 Å². The van der Waals surface area contributed by atoms with Crippen LogP contribution in [0.2, 0.25) is 0 Å². The summed E-state index contributed by atoms with van der Waals surface area (Å²) in [6.45, 7) is 6.02. The number of carbonyl (C=O) groups excluding carboxylic acids is 1. The first-order chi connectivity index (χ1) is 9.16. The van der Waals surface area contributed by atoms with Gasteiger partial charge in [-0.05, 0) is 29.5 Å². The zero-order chi connectivity index (χ0) is 13.7. The molecule has 102 valence electrons. The van der Waals surface area contributed by atoms with Gasteiger partial charge in [0.25, 0.3) is 5.91 Å². The normalized spacial score (nSPS) is 11.1. The third kappa shape index (κ3) is 3.83. The smallest absolute Gasteiger partial charge is 0.251 e. The van der Waals surface area contributed by atoms with Gasteiger partial charge in [0.05, 0.1) is 6.61 Å². The zero-order valence-electron chi connectivity index (χ0n) is 11.4. The molecule has 2 aromatic rings. The van der Waals surface area contributed by atoms with E-state index in [-0.39, 0.29) is 5.91 Å². The Kier molecular flexibility index (Phi) is 4.58. The van der Waals surface area contributed by atoms with Crippen LogP contribution in [0.4, 0.5) is 0 Å². The lowest BCUT2D eigenvalue weighted by Gasteiger charge is -2.08. The van der Waals surface area contributed by atoms with Crippen molar-refractivity contribution in [2.75, 3.05) is 19.8 Å². The Labute approximate surface area is 113 Å². The Bertz CT molecular complexity index is 546. The minimum absolute atomic E-state index is 0.0651. The maximum Gasteiger partial charge on any atom is 0.251 e. The fraction of sp³-hybridized carbons (Fsp3) is 0.400. The average molecular weight is 260 g/mol. The summed E-state index contributed by atoms with van der Waals surface area (Å²) in [7, 11) is 0. The van der Waals surface area contributed by atoms with Crippen molar-refractivity contribution >= 4 is 16.8 Å². The van der Waals surface area contributed by atoms with Gasteiger partial charge < -0.3 is 15.0 Å². The molecule has 1 aromatic carbocycles. The van der Waals surface area contributed by atoms with Crippen molar-refractivity contribution in [3.05, 3.63) is 36.0 Å².